The average Bonchev–Trinajstić information content (AvgIpc) is 2.86. The van der Waals surface area contributed by atoms with E-state index in [-0.39, 0.29) is 11.8 Å². The summed E-state index contributed by atoms with van der Waals surface area (Å²) in [5, 5.41) is 0. The second kappa shape index (κ2) is 8.95. The van der Waals surface area contributed by atoms with Crippen molar-refractivity contribution in [1.29, 1.82) is 0 Å². The summed E-state index contributed by atoms with van der Waals surface area (Å²) >= 11 is 0. The first-order valence-corrected chi connectivity index (χ1v) is 7.60. The Morgan fingerprint density at radius 2 is 1.68 bits per heavy atom. The van der Waals surface area contributed by atoms with E-state index < -0.39 is 0 Å². The molecule has 4 heteroatoms. The molecule has 0 bridgehead atoms. The SMILES string of the molecule is O=C1C=CC(=O)N1CCCCCOC/C=C/c1ccccc1. The van der Waals surface area contributed by atoms with Gasteiger partial charge in [0.1, 0.15) is 0 Å². The maximum atomic E-state index is 11.3. The van der Waals surface area contributed by atoms with E-state index in [0.717, 1.165) is 19.3 Å². The van der Waals surface area contributed by atoms with Crippen LogP contribution in [0.1, 0.15) is 24.8 Å². The number of hydrogen-bond acceptors (Lipinski definition) is 3. The van der Waals surface area contributed by atoms with Crippen molar-refractivity contribution in [3.8, 4) is 0 Å². The highest BCUT2D eigenvalue weighted by Crippen LogP contribution is 2.06. The molecule has 1 aliphatic rings. The van der Waals surface area contributed by atoms with Crippen molar-refractivity contribution in [3.05, 3.63) is 54.1 Å². The van der Waals surface area contributed by atoms with Crippen molar-refractivity contribution in [3.63, 3.8) is 0 Å². The molecule has 0 unspecified atom stereocenters. The van der Waals surface area contributed by atoms with Crippen molar-refractivity contribution < 1.29 is 14.3 Å². The fraction of sp³-hybridized carbons (Fsp3) is 0.333. The van der Waals surface area contributed by atoms with Gasteiger partial charge in [-0.15, -0.1) is 0 Å². The monoisotopic (exact) mass is 299 g/mol. The van der Waals surface area contributed by atoms with Gasteiger partial charge in [-0.1, -0.05) is 42.5 Å². The third-order valence-corrected chi connectivity index (χ3v) is 3.39. The second-order valence-corrected chi connectivity index (χ2v) is 5.11. The highest BCUT2D eigenvalue weighted by atomic mass is 16.5. The van der Waals surface area contributed by atoms with Crippen LogP contribution in [0.3, 0.4) is 0 Å². The Bertz CT molecular complexity index is 531. The number of imide groups is 1. The van der Waals surface area contributed by atoms with Gasteiger partial charge in [0.25, 0.3) is 11.8 Å². The number of hydrogen-bond donors (Lipinski definition) is 0. The third kappa shape index (κ3) is 5.30. The molecule has 0 saturated heterocycles. The molecule has 4 nitrogen and oxygen atoms in total. The van der Waals surface area contributed by atoms with Gasteiger partial charge in [-0.05, 0) is 24.8 Å². The zero-order valence-electron chi connectivity index (χ0n) is 12.6. The smallest absolute Gasteiger partial charge is 0.253 e. The van der Waals surface area contributed by atoms with Gasteiger partial charge >= 0.3 is 0 Å². The summed E-state index contributed by atoms with van der Waals surface area (Å²) < 4.78 is 5.52. The zero-order valence-corrected chi connectivity index (χ0v) is 12.6. The van der Waals surface area contributed by atoms with Gasteiger partial charge in [0, 0.05) is 25.3 Å². The highest BCUT2D eigenvalue weighted by molar-refractivity contribution is 6.12. The van der Waals surface area contributed by atoms with Crippen molar-refractivity contribution in [2.24, 2.45) is 0 Å². The van der Waals surface area contributed by atoms with Crippen molar-refractivity contribution in [1.82, 2.24) is 4.90 Å². The maximum absolute atomic E-state index is 11.3. The Balaban J connectivity index is 1.47. The van der Waals surface area contributed by atoms with Crippen LogP contribution in [0.2, 0.25) is 0 Å². The number of carbonyl (C=O) groups is 2. The largest absolute Gasteiger partial charge is 0.377 e. The summed E-state index contributed by atoms with van der Waals surface area (Å²) in [6, 6.07) is 10.1. The van der Waals surface area contributed by atoms with E-state index in [1.807, 2.05) is 42.5 Å². The molecule has 0 aromatic heterocycles. The Morgan fingerprint density at radius 1 is 0.955 bits per heavy atom. The standard InChI is InChI=1S/C18H21NO3/c20-17-11-12-18(21)19(17)13-5-2-6-14-22-15-7-10-16-8-3-1-4-9-16/h1,3-4,7-12H,2,5-6,13-15H2/b10-7+. The molecule has 0 aliphatic carbocycles. The lowest BCUT2D eigenvalue weighted by atomic mass is 10.2. The summed E-state index contributed by atoms with van der Waals surface area (Å²) in [5.41, 5.74) is 1.17. The Kier molecular flexibility index (Phi) is 6.58. The van der Waals surface area contributed by atoms with Crippen LogP contribution in [0.4, 0.5) is 0 Å². The lowest BCUT2D eigenvalue weighted by Crippen LogP contribution is -2.30. The normalized spacial score (nSPS) is 14.5. The molecule has 0 fully saturated rings. The summed E-state index contributed by atoms with van der Waals surface area (Å²) in [5.74, 6) is -0.403. The van der Waals surface area contributed by atoms with E-state index in [2.05, 4.69) is 0 Å². The topological polar surface area (TPSA) is 46.6 Å². The lowest BCUT2D eigenvalue weighted by molar-refractivity contribution is -0.136. The van der Waals surface area contributed by atoms with E-state index in [4.69, 9.17) is 4.74 Å². The predicted molar refractivity (Wildman–Crippen MR) is 86.0 cm³/mol. The number of amides is 2. The molecule has 1 aromatic rings. The van der Waals surface area contributed by atoms with Crippen LogP contribution in [0.15, 0.2) is 48.6 Å². The first-order chi connectivity index (χ1) is 10.8. The van der Waals surface area contributed by atoms with Crippen molar-refractivity contribution >= 4 is 17.9 Å². The molecule has 1 aliphatic heterocycles. The van der Waals surface area contributed by atoms with E-state index in [0.29, 0.717) is 19.8 Å². The molecule has 116 valence electrons. The first kappa shape index (κ1) is 16.2. The lowest BCUT2D eigenvalue weighted by Gasteiger charge is -2.12. The van der Waals surface area contributed by atoms with Gasteiger partial charge in [-0.25, -0.2) is 0 Å². The summed E-state index contributed by atoms with van der Waals surface area (Å²) in [4.78, 5) is 23.9. The quantitative estimate of drug-likeness (QED) is 0.520. The fourth-order valence-electron chi connectivity index (χ4n) is 2.20. The molecular weight excluding hydrogens is 278 g/mol. The van der Waals surface area contributed by atoms with Gasteiger partial charge in [-0.2, -0.15) is 0 Å². The Hall–Kier alpha value is -2.20. The van der Waals surface area contributed by atoms with Crippen LogP contribution >= 0.6 is 0 Å². The predicted octanol–water partition coefficient (Wildman–Crippen LogP) is 2.81. The van der Waals surface area contributed by atoms with Gasteiger partial charge < -0.3 is 4.74 Å². The molecule has 0 N–H and O–H groups in total. The number of carbonyl (C=O) groups excluding carboxylic acids is 2. The molecule has 1 heterocycles. The molecular formula is C18H21NO3. The van der Waals surface area contributed by atoms with Crippen LogP contribution in [-0.2, 0) is 14.3 Å². The summed E-state index contributed by atoms with van der Waals surface area (Å²) in [6.07, 6.45) is 9.39. The van der Waals surface area contributed by atoms with Crippen LogP contribution in [0.5, 0.6) is 0 Å². The molecule has 2 amide bonds. The van der Waals surface area contributed by atoms with Gasteiger partial charge in [0.2, 0.25) is 0 Å². The van der Waals surface area contributed by atoms with Crippen molar-refractivity contribution in [2.75, 3.05) is 19.8 Å². The molecule has 0 saturated carbocycles. The highest BCUT2D eigenvalue weighted by Gasteiger charge is 2.21. The molecule has 1 aromatic carbocycles. The Labute approximate surface area is 131 Å². The second-order valence-electron chi connectivity index (χ2n) is 5.11. The van der Waals surface area contributed by atoms with E-state index in [1.165, 1.54) is 22.6 Å². The maximum Gasteiger partial charge on any atom is 0.253 e. The first-order valence-electron chi connectivity index (χ1n) is 7.60. The number of ether oxygens (including phenoxy) is 1. The van der Waals surface area contributed by atoms with Gasteiger partial charge in [-0.3, -0.25) is 14.5 Å². The minimum atomic E-state index is -0.202. The van der Waals surface area contributed by atoms with Gasteiger partial charge in [0.05, 0.1) is 6.61 Å². The molecule has 22 heavy (non-hydrogen) atoms. The number of nitrogens with zero attached hydrogens (tertiary/aromatic N) is 1. The summed E-state index contributed by atoms with van der Waals surface area (Å²) in [7, 11) is 0. The molecule has 0 atom stereocenters. The third-order valence-electron chi connectivity index (χ3n) is 3.39. The molecule has 0 spiro atoms. The number of benzene rings is 1. The number of unbranched alkanes of at least 4 members (excludes halogenated alkanes) is 2. The van der Waals surface area contributed by atoms with Crippen LogP contribution < -0.4 is 0 Å². The minimum absolute atomic E-state index is 0.202. The Morgan fingerprint density at radius 3 is 2.41 bits per heavy atom. The van der Waals surface area contributed by atoms with Crippen LogP contribution in [0.25, 0.3) is 6.08 Å². The van der Waals surface area contributed by atoms with E-state index >= 15 is 0 Å². The van der Waals surface area contributed by atoms with Crippen LogP contribution in [0, 0.1) is 0 Å². The van der Waals surface area contributed by atoms with Gasteiger partial charge in [0.15, 0.2) is 0 Å². The fourth-order valence-corrected chi connectivity index (χ4v) is 2.20. The molecule has 2 rings (SSSR count). The van der Waals surface area contributed by atoms with E-state index in [1.54, 1.807) is 0 Å². The molecule has 0 radical (unpaired) electrons. The minimum Gasteiger partial charge on any atom is -0.377 e. The van der Waals surface area contributed by atoms with Crippen LogP contribution in [-0.4, -0.2) is 36.5 Å². The number of rotatable bonds is 9. The van der Waals surface area contributed by atoms with E-state index in [9.17, 15) is 9.59 Å². The summed E-state index contributed by atoms with van der Waals surface area (Å²) in [6.45, 7) is 1.79. The van der Waals surface area contributed by atoms with Crippen molar-refractivity contribution in [2.45, 2.75) is 19.3 Å². The zero-order chi connectivity index (χ0) is 15.6. The average molecular weight is 299 g/mol.